The number of carboxylic acids is 1. The van der Waals surface area contributed by atoms with E-state index in [4.69, 9.17) is 10.5 Å². The molecule has 0 saturated heterocycles. The summed E-state index contributed by atoms with van der Waals surface area (Å²) < 4.78 is 7.81. The van der Waals surface area contributed by atoms with Crippen molar-refractivity contribution in [3.05, 3.63) is 102 Å². The molecule has 1 heterocycles. The van der Waals surface area contributed by atoms with Gasteiger partial charge in [-0.1, -0.05) is 48.5 Å². The van der Waals surface area contributed by atoms with Crippen molar-refractivity contribution in [2.75, 3.05) is 6.61 Å². The molecule has 0 aliphatic heterocycles. The lowest BCUT2D eigenvalue weighted by molar-refractivity contribution is -0.139. The van der Waals surface area contributed by atoms with Crippen LogP contribution in [-0.2, 0) is 11.3 Å². The number of nitrogens with two attached hydrogens (primary N) is 1. The third-order valence-corrected chi connectivity index (χ3v) is 6.08. The molecule has 0 saturated carbocycles. The van der Waals surface area contributed by atoms with Gasteiger partial charge in [0, 0.05) is 17.5 Å². The molecule has 0 fully saturated rings. The van der Waals surface area contributed by atoms with Crippen molar-refractivity contribution in [3.8, 4) is 22.9 Å². The quantitative estimate of drug-likeness (QED) is 0.345. The SMILES string of the molecule is N#Cc1cccc(Cn2c3cc(-c4ccccc4)cc(OCC(=O)O)c3c3c(C(N)=O)cccc32)c1. The maximum atomic E-state index is 12.4. The molecular formula is C29H21N3O4. The molecule has 0 bridgehead atoms. The van der Waals surface area contributed by atoms with Gasteiger partial charge in [-0.15, -0.1) is 0 Å². The average Bonchev–Trinajstić information content (AvgIpc) is 3.21. The highest BCUT2D eigenvalue weighted by Crippen LogP contribution is 2.41. The maximum absolute atomic E-state index is 12.4. The number of aliphatic carboxylic acids is 1. The van der Waals surface area contributed by atoms with Crippen LogP contribution in [0.4, 0.5) is 0 Å². The first-order valence-electron chi connectivity index (χ1n) is 11.2. The largest absolute Gasteiger partial charge is 0.481 e. The fourth-order valence-corrected chi connectivity index (χ4v) is 4.57. The van der Waals surface area contributed by atoms with E-state index >= 15 is 0 Å². The zero-order chi connectivity index (χ0) is 25.2. The first-order valence-corrected chi connectivity index (χ1v) is 11.2. The van der Waals surface area contributed by atoms with E-state index in [0.717, 1.165) is 27.7 Å². The van der Waals surface area contributed by atoms with E-state index in [0.29, 0.717) is 34.2 Å². The van der Waals surface area contributed by atoms with Gasteiger partial charge in [0.2, 0.25) is 5.91 Å². The normalized spacial score (nSPS) is 10.9. The third kappa shape index (κ3) is 4.12. The molecule has 0 aliphatic carbocycles. The Labute approximate surface area is 206 Å². The van der Waals surface area contributed by atoms with E-state index in [1.165, 1.54) is 0 Å². The molecule has 0 radical (unpaired) electrons. The molecule has 3 N–H and O–H groups in total. The molecule has 0 unspecified atom stereocenters. The number of benzene rings is 4. The third-order valence-electron chi connectivity index (χ3n) is 6.08. The summed E-state index contributed by atoms with van der Waals surface area (Å²) in [5.41, 5.74) is 10.8. The second-order valence-electron chi connectivity index (χ2n) is 8.38. The first kappa shape index (κ1) is 22.7. The number of ether oxygens (including phenoxy) is 1. The van der Waals surface area contributed by atoms with E-state index in [1.807, 2.05) is 65.2 Å². The van der Waals surface area contributed by atoms with Crippen LogP contribution < -0.4 is 10.5 Å². The van der Waals surface area contributed by atoms with Crippen LogP contribution in [0.25, 0.3) is 32.9 Å². The van der Waals surface area contributed by atoms with Crippen molar-refractivity contribution in [3.63, 3.8) is 0 Å². The Balaban J connectivity index is 1.86. The van der Waals surface area contributed by atoms with Gasteiger partial charge in [-0.3, -0.25) is 4.79 Å². The number of carboxylic acid groups (broad SMARTS) is 1. The lowest BCUT2D eigenvalue weighted by Gasteiger charge is -2.12. The van der Waals surface area contributed by atoms with Crippen molar-refractivity contribution in [1.29, 1.82) is 5.26 Å². The fourth-order valence-electron chi connectivity index (χ4n) is 4.57. The van der Waals surface area contributed by atoms with Crippen molar-refractivity contribution in [2.45, 2.75) is 6.54 Å². The summed E-state index contributed by atoms with van der Waals surface area (Å²) in [5, 5.41) is 19.9. The van der Waals surface area contributed by atoms with Crippen LogP contribution in [0.5, 0.6) is 5.75 Å². The molecule has 5 rings (SSSR count). The monoisotopic (exact) mass is 475 g/mol. The fraction of sp³-hybridized carbons (Fsp3) is 0.0690. The minimum Gasteiger partial charge on any atom is -0.481 e. The van der Waals surface area contributed by atoms with Crippen molar-refractivity contribution < 1.29 is 19.4 Å². The molecule has 7 heteroatoms. The molecule has 1 aromatic heterocycles. The Morgan fingerprint density at radius 2 is 1.67 bits per heavy atom. The van der Waals surface area contributed by atoms with Gasteiger partial charge in [-0.05, 0) is 53.1 Å². The Kier molecular flexibility index (Phi) is 5.85. The number of primary amides is 1. The lowest BCUT2D eigenvalue weighted by Crippen LogP contribution is -2.11. The number of carbonyl (C=O) groups excluding carboxylic acids is 1. The smallest absolute Gasteiger partial charge is 0.341 e. The zero-order valence-corrected chi connectivity index (χ0v) is 19.1. The van der Waals surface area contributed by atoms with Crippen molar-refractivity contribution >= 4 is 33.7 Å². The molecule has 0 atom stereocenters. The van der Waals surface area contributed by atoms with Crippen LogP contribution in [0.2, 0.25) is 0 Å². The molecule has 176 valence electrons. The average molecular weight is 476 g/mol. The van der Waals surface area contributed by atoms with Gasteiger partial charge >= 0.3 is 5.97 Å². The molecule has 0 spiro atoms. The number of fused-ring (bicyclic) bond motifs is 3. The number of hydrogen-bond donors (Lipinski definition) is 2. The molecular weight excluding hydrogens is 454 g/mol. The van der Waals surface area contributed by atoms with Crippen LogP contribution >= 0.6 is 0 Å². The Morgan fingerprint density at radius 1 is 0.889 bits per heavy atom. The molecule has 1 amide bonds. The Hall–Kier alpha value is -5.09. The lowest BCUT2D eigenvalue weighted by atomic mass is 10.0. The Morgan fingerprint density at radius 3 is 2.39 bits per heavy atom. The van der Waals surface area contributed by atoms with E-state index in [9.17, 15) is 20.0 Å². The molecule has 5 aromatic rings. The summed E-state index contributed by atoms with van der Waals surface area (Å²) in [7, 11) is 0. The number of hydrogen-bond acceptors (Lipinski definition) is 4. The summed E-state index contributed by atoms with van der Waals surface area (Å²) in [5.74, 6) is -1.36. The van der Waals surface area contributed by atoms with Crippen molar-refractivity contribution in [1.82, 2.24) is 4.57 Å². The summed E-state index contributed by atoms with van der Waals surface area (Å²) in [6, 6.07) is 28.3. The van der Waals surface area contributed by atoms with E-state index in [-0.39, 0.29) is 0 Å². The van der Waals surface area contributed by atoms with Crippen molar-refractivity contribution in [2.24, 2.45) is 5.73 Å². The van der Waals surface area contributed by atoms with Gasteiger partial charge in [0.25, 0.3) is 0 Å². The highest BCUT2D eigenvalue weighted by molar-refractivity contribution is 6.20. The second kappa shape index (κ2) is 9.28. The number of rotatable bonds is 7. The summed E-state index contributed by atoms with van der Waals surface area (Å²) in [6.45, 7) is -0.128. The molecule has 36 heavy (non-hydrogen) atoms. The summed E-state index contributed by atoms with van der Waals surface area (Å²) >= 11 is 0. The summed E-state index contributed by atoms with van der Waals surface area (Å²) in [4.78, 5) is 23.8. The van der Waals surface area contributed by atoms with E-state index in [2.05, 4.69) is 6.07 Å². The van der Waals surface area contributed by atoms with Gasteiger partial charge in [-0.25, -0.2) is 4.79 Å². The number of amides is 1. The Bertz CT molecular complexity index is 1680. The predicted octanol–water partition coefficient (Wildman–Crippen LogP) is 4.94. The molecule has 7 nitrogen and oxygen atoms in total. The topological polar surface area (TPSA) is 118 Å². The van der Waals surface area contributed by atoms with Crippen LogP contribution in [0.1, 0.15) is 21.5 Å². The minimum absolute atomic E-state index is 0.315. The minimum atomic E-state index is -1.11. The number of aromatic nitrogens is 1. The van der Waals surface area contributed by atoms with Crippen LogP contribution in [0.3, 0.4) is 0 Å². The molecule has 0 aliphatic rings. The highest BCUT2D eigenvalue weighted by Gasteiger charge is 2.21. The van der Waals surface area contributed by atoms with Gasteiger partial charge in [0.15, 0.2) is 6.61 Å². The predicted molar refractivity (Wildman–Crippen MR) is 137 cm³/mol. The van der Waals surface area contributed by atoms with E-state index in [1.54, 1.807) is 24.3 Å². The van der Waals surface area contributed by atoms with Gasteiger partial charge in [0.1, 0.15) is 5.75 Å². The maximum Gasteiger partial charge on any atom is 0.341 e. The summed E-state index contributed by atoms with van der Waals surface area (Å²) in [6.07, 6.45) is 0. The second-order valence-corrected chi connectivity index (χ2v) is 8.38. The first-order chi connectivity index (χ1) is 17.5. The van der Waals surface area contributed by atoms with Crippen LogP contribution in [-0.4, -0.2) is 28.2 Å². The zero-order valence-electron chi connectivity index (χ0n) is 19.1. The highest BCUT2D eigenvalue weighted by atomic mass is 16.5. The van der Waals surface area contributed by atoms with E-state index < -0.39 is 18.5 Å². The number of nitriles is 1. The van der Waals surface area contributed by atoms with Crippen LogP contribution in [0.15, 0.2) is 84.9 Å². The van der Waals surface area contributed by atoms with Crippen LogP contribution in [0, 0.1) is 11.3 Å². The van der Waals surface area contributed by atoms with Gasteiger partial charge in [0.05, 0.1) is 28.1 Å². The number of nitrogens with zero attached hydrogens (tertiary/aromatic N) is 2. The standard InChI is InChI=1S/C29H21N3O4/c30-15-18-6-4-7-19(12-18)16-32-23-11-5-10-22(29(31)35)27(23)28-24(32)13-21(20-8-2-1-3-9-20)14-25(28)36-17-26(33)34/h1-14H,16-17H2,(H2,31,35)(H,33,34). The molecule has 4 aromatic carbocycles. The number of carbonyl (C=O) groups is 2. The van der Waals surface area contributed by atoms with Gasteiger partial charge in [-0.2, -0.15) is 5.26 Å². The van der Waals surface area contributed by atoms with Gasteiger partial charge < -0.3 is 20.1 Å².